The van der Waals surface area contributed by atoms with Gasteiger partial charge in [-0.1, -0.05) is 66.2 Å². The van der Waals surface area contributed by atoms with E-state index in [-0.39, 0.29) is 6.61 Å². The normalized spacial score (nSPS) is 11.7. The summed E-state index contributed by atoms with van der Waals surface area (Å²) in [6.45, 7) is 4.39. The molecule has 0 spiro atoms. The van der Waals surface area contributed by atoms with E-state index in [9.17, 15) is 4.79 Å². The van der Waals surface area contributed by atoms with Gasteiger partial charge in [0.05, 0.1) is 0 Å². The van der Waals surface area contributed by atoms with Crippen molar-refractivity contribution in [2.24, 2.45) is 5.73 Å². The summed E-state index contributed by atoms with van der Waals surface area (Å²) in [5, 5.41) is 0. The van der Waals surface area contributed by atoms with Gasteiger partial charge in [0.2, 0.25) is 0 Å². The zero-order valence-electron chi connectivity index (χ0n) is 18.2. The molecule has 0 saturated heterocycles. The molecule has 8 nitrogen and oxygen atoms in total. The highest BCUT2D eigenvalue weighted by Crippen LogP contribution is 2.21. The van der Waals surface area contributed by atoms with Crippen molar-refractivity contribution in [2.75, 3.05) is 0 Å². The maximum atomic E-state index is 11.4. The second-order valence-electron chi connectivity index (χ2n) is 7.27. The van der Waals surface area contributed by atoms with E-state index in [1.54, 1.807) is 6.92 Å². The van der Waals surface area contributed by atoms with Crippen molar-refractivity contribution >= 4 is 5.97 Å². The van der Waals surface area contributed by atoms with Crippen LogP contribution in [0, 0.1) is 17.2 Å². The quantitative estimate of drug-likeness (QED) is 0.464. The summed E-state index contributed by atoms with van der Waals surface area (Å²) >= 11 is 0. The second kappa shape index (κ2) is 12.3. The number of rotatable bonds is 7. The predicted molar refractivity (Wildman–Crippen MR) is 111 cm³/mol. The number of carbonyl (C=O) groups excluding carboxylic acids is 1. The van der Waals surface area contributed by atoms with Gasteiger partial charge >= 0.3 is 5.97 Å². The lowest BCUT2D eigenvalue weighted by molar-refractivity contribution is -2.00. The van der Waals surface area contributed by atoms with E-state index in [0.717, 1.165) is 16.9 Å². The highest BCUT2D eigenvalue weighted by Gasteiger charge is 2.08. The molecule has 0 amide bonds. The molecule has 0 fully saturated rings. The van der Waals surface area contributed by atoms with E-state index in [2.05, 4.69) is 55.5 Å². The van der Waals surface area contributed by atoms with Gasteiger partial charge in [-0.25, -0.2) is 18.6 Å². The first-order valence-corrected chi connectivity index (χ1v) is 11.2. The molecule has 0 aliphatic carbocycles. The van der Waals surface area contributed by atoms with Crippen LogP contribution in [0.4, 0.5) is 0 Å². The maximum absolute atomic E-state index is 11.4. The van der Waals surface area contributed by atoms with Crippen molar-refractivity contribution in [2.45, 2.75) is 33.1 Å². The summed E-state index contributed by atoms with van der Waals surface area (Å²) in [5.74, 6) is 0.360. The summed E-state index contributed by atoms with van der Waals surface area (Å²) in [4.78, 5) is 11.4. The van der Waals surface area contributed by atoms with Gasteiger partial charge in [-0.2, -0.15) is 0 Å². The molecule has 3 rings (SSSR count). The van der Waals surface area contributed by atoms with Crippen LogP contribution in [0.3, 0.4) is 0 Å². The second-order valence-corrected chi connectivity index (χ2v) is 8.03. The molecule has 2 N–H and O–H groups in total. The fourth-order valence-electron chi connectivity index (χ4n) is 2.67. The Balaban J connectivity index is 0.000000696. The first-order valence-electron chi connectivity index (χ1n) is 9.93. The fraction of sp³-hybridized carbons (Fsp3) is 0.208. The molecule has 33 heavy (non-hydrogen) atoms. The minimum atomic E-state index is -4.94. The molecule has 176 valence electrons. The number of benzene rings is 3. The minimum Gasteiger partial charge on any atom is -0.489 e. The molecule has 0 aromatic heterocycles. The fourth-order valence-corrected chi connectivity index (χ4v) is 2.67. The minimum absolute atomic E-state index is 0.209. The van der Waals surface area contributed by atoms with Crippen LogP contribution >= 0.6 is 0 Å². The lowest BCUT2D eigenvalue weighted by Gasteiger charge is -2.17. The highest BCUT2D eigenvalue weighted by atomic mass is 35.7. The Hall–Kier alpha value is -2.98. The smallest absolute Gasteiger partial charge is 0.322 e. The largest absolute Gasteiger partial charge is 0.489 e. The lowest BCUT2D eigenvalue weighted by Crippen LogP contribution is -2.68. The van der Waals surface area contributed by atoms with Gasteiger partial charge in [-0.05, 0) is 48.2 Å². The third kappa shape index (κ3) is 10.5. The van der Waals surface area contributed by atoms with Crippen LogP contribution in [0.15, 0.2) is 72.8 Å². The Bertz CT molecular complexity index is 993. The number of esters is 1. The zero-order chi connectivity index (χ0) is 24.4. The topological polar surface area (TPSA) is 154 Å². The number of halogens is 1. The molecule has 1 atom stereocenters. The molecule has 0 heterocycles. The van der Waals surface area contributed by atoms with Gasteiger partial charge in [-0.15, -0.1) is 10.2 Å². The van der Waals surface area contributed by atoms with Crippen LogP contribution in [0.5, 0.6) is 5.75 Å². The van der Waals surface area contributed by atoms with E-state index in [1.165, 1.54) is 16.7 Å². The molecular weight excluding hydrogens is 450 g/mol. The molecule has 0 aliphatic rings. The lowest BCUT2D eigenvalue weighted by atomic mass is 10.0. The standard InChI is InChI=1S/C24H25NO3.ClHO4/c1-17-3-9-21(10-4-17)22-11-5-19(6-12-22)15-27-23-13-7-20(8-14-23)16-28-24(26)18(2)25;2-1(3,4)5/h3-14,18H,15-16,25H2,1-2H3;(H,2,3,4,5)/p-1. The van der Waals surface area contributed by atoms with E-state index in [1.807, 2.05) is 24.3 Å². The van der Waals surface area contributed by atoms with Gasteiger partial charge in [-0.3, -0.25) is 4.79 Å². The average molecular weight is 475 g/mol. The number of nitrogens with two attached hydrogens (primary N) is 1. The Morgan fingerprint density at radius 1 is 0.818 bits per heavy atom. The van der Waals surface area contributed by atoms with Gasteiger partial charge in [0.25, 0.3) is 0 Å². The predicted octanol–water partition coefficient (Wildman–Crippen LogP) is -0.125. The van der Waals surface area contributed by atoms with Crippen LogP contribution < -0.4 is 29.1 Å². The van der Waals surface area contributed by atoms with E-state index in [0.29, 0.717) is 6.61 Å². The summed E-state index contributed by atoms with van der Waals surface area (Å²) in [6.07, 6.45) is 0. The summed E-state index contributed by atoms with van der Waals surface area (Å²) in [6, 6.07) is 23.8. The number of aryl methyl sites for hydroxylation is 1. The molecule has 9 heteroatoms. The molecular formula is C24H25ClNO7-. The molecule has 3 aromatic carbocycles. The Morgan fingerprint density at radius 3 is 1.73 bits per heavy atom. The summed E-state index contributed by atoms with van der Waals surface area (Å²) < 4.78 is 44.9. The number of ether oxygens (including phenoxy) is 2. The molecule has 3 aromatic rings. The highest BCUT2D eigenvalue weighted by molar-refractivity contribution is 5.74. The van der Waals surface area contributed by atoms with Gasteiger partial charge in [0.1, 0.15) is 25.0 Å². The Morgan fingerprint density at radius 2 is 1.24 bits per heavy atom. The third-order valence-corrected chi connectivity index (χ3v) is 4.42. The molecule has 1 unspecified atom stereocenters. The van der Waals surface area contributed by atoms with E-state index >= 15 is 0 Å². The molecule has 0 bridgehead atoms. The van der Waals surface area contributed by atoms with Crippen molar-refractivity contribution in [3.05, 3.63) is 89.5 Å². The Labute approximate surface area is 194 Å². The first-order chi connectivity index (χ1) is 15.5. The van der Waals surface area contributed by atoms with E-state index < -0.39 is 22.3 Å². The van der Waals surface area contributed by atoms with E-state index in [4.69, 9.17) is 33.8 Å². The molecule has 0 aliphatic heterocycles. The zero-order valence-corrected chi connectivity index (χ0v) is 19.0. The molecule has 0 radical (unpaired) electrons. The number of hydrogen-bond acceptors (Lipinski definition) is 8. The summed E-state index contributed by atoms with van der Waals surface area (Å²) in [7, 11) is -4.94. The molecule has 0 saturated carbocycles. The average Bonchev–Trinajstić information content (AvgIpc) is 2.76. The van der Waals surface area contributed by atoms with Crippen LogP contribution in [-0.4, -0.2) is 12.0 Å². The third-order valence-electron chi connectivity index (χ3n) is 4.42. The van der Waals surface area contributed by atoms with Crippen molar-refractivity contribution in [1.29, 1.82) is 0 Å². The maximum Gasteiger partial charge on any atom is 0.322 e. The van der Waals surface area contributed by atoms with Crippen molar-refractivity contribution in [3.63, 3.8) is 0 Å². The van der Waals surface area contributed by atoms with Gasteiger partial charge in [0.15, 0.2) is 0 Å². The van der Waals surface area contributed by atoms with Crippen molar-refractivity contribution < 1.29 is 43.1 Å². The van der Waals surface area contributed by atoms with Gasteiger partial charge in [0, 0.05) is 0 Å². The number of hydrogen-bond donors (Lipinski definition) is 1. The SMILES string of the molecule is Cc1ccc(-c2ccc(COc3ccc(COC(=O)C(C)N)cc3)cc2)cc1.[O-][Cl+3]([O-])([O-])[O-]. The van der Waals surface area contributed by atoms with Crippen LogP contribution in [-0.2, 0) is 22.7 Å². The number of carbonyl (C=O) groups is 1. The monoisotopic (exact) mass is 474 g/mol. The van der Waals surface area contributed by atoms with Crippen LogP contribution in [0.2, 0.25) is 0 Å². The van der Waals surface area contributed by atoms with Crippen molar-refractivity contribution in [3.8, 4) is 16.9 Å². The van der Waals surface area contributed by atoms with Gasteiger partial charge < -0.3 is 15.2 Å². The van der Waals surface area contributed by atoms with Crippen LogP contribution in [0.25, 0.3) is 11.1 Å². The van der Waals surface area contributed by atoms with Crippen LogP contribution in [0.1, 0.15) is 23.6 Å². The Kier molecular flexibility index (Phi) is 9.80. The van der Waals surface area contributed by atoms with Crippen molar-refractivity contribution in [1.82, 2.24) is 0 Å². The summed E-state index contributed by atoms with van der Waals surface area (Å²) in [5.41, 5.74) is 11.1. The first kappa shape index (κ1) is 26.3.